The molecule has 284 valence electrons. The van der Waals surface area contributed by atoms with Gasteiger partial charge in [-0.15, -0.1) is 11.3 Å². The van der Waals surface area contributed by atoms with Gasteiger partial charge in [-0.1, -0.05) is 146 Å². The van der Waals surface area contributed by atoms with Gasteiger partial charge in [0.2, 0.25) is 0 Å². The highest BCUT2D eigenvalue weighted by Gasteiger charge is 2.24. The summed E-state index contributed by atoms with van der Waals surface area (Å²) in [6.07, 6.45) is 0. The Labute approximate surface area is 353 Å². The van der Waals surface area contributed by atoms with E-state index in [1.54, 1.807) is 11.3 Å². The van der Waals surface area contributed by atoms with Crippen molar-refractivity contribution >= 4 is 86.0 Å². The number of para-hydroxylation sites is 2. The van der Waals surface area contributed by atoms with Gasteiger partial charge in [-0.05, 0) is 70.4 Å². The number of benzene rings is 9. The average Bonchev–Trinajstić information content (AvgIpc) is 4.01. The van der Waals surface area contributed by atoms with E-state index < -0.39 is 0 Å². The van der Waals surface area contributed by atoms with Gasteiger partial charge in [-0.25, -0.2) is 15.0 Å². The van der Waals surface area contributed by atoms with Crippen molar-refractivity contribution in [3.63, 3.8) is 0 Å². The molecule has 6 heteroatoms. The minimum Gasteiger partial charge on any atom is -0.454 e. The molecular weight excluding hydrogens is 765 g/mol. The Morgan fingerprint density at radius 2 is 1.03 bits per heavy atom. The third-order valence-electron chi connectivity index (χ3n) is 12.1. The van der Waals surface area contributed by atoms with Crippen molar-refractivity contribution in [1.29, 1.82) is 0 Å². The second-order valence-electron chi connectivity index (χ2n) is 15.5. The Hall–Kier alpha value is -7.93. The van der Waals surface area contributed by atoms with Gasteiger partial charge in [0.05, 0.1) is 16.7 Å². The number of hydrogen-bond acceptors (Lipinski definition) is 5. The lowest BCUT2D eigenvalue weighted by molar-refractivity contribution is 0.666. The van der Waals surface area contributed by atoms with Crippen LogP contribution in [0.25, 0.3) is 126 Å². The summed E-state index contributed by atoms with van der Waals surface area (Å²) in [7, 11) is 0. The largest absolute Gasteiger partial charge is 0.454 e. The van der Waals surface area contributed by atoms with Gasteiger partial charge < -0.3 is 8.98 Å². The fraction of sp³-hybridized carbons (Fsp3) is 0. The summed E-state index contributed by atoms with van der Waals surface area (Å²) < 4.78 is 11.7. The quantitative estimate of drug-likeness (QED) is 0.174. The van der Waals surface area contributed by atoms with E-state index >= 15 is 0 Å². The van der Waals surface area contributed by atoms with Crippen molar-refractivity contribution in [2.24, 2.45) is 0 Å². The number of aromatic nitrogens is 4. The number of nitrogens with zero attached hydrogens (tertiary/aromatic N) is 4. The first kappa shape index (κ1) is 34.0. The maximum Gasteiger partial charge on any atom is 0.165 e. The molecule has 0 aliphatic rings. The summed E-state index contributed by atoms with van der Waals surface area (Å²) in [6.45, 7) is 0. The highest BCUT2D eigenvalue weighted by Crippen LogP contribution is 2.44. The zero-order valence-corrected chi connectivity index (χ0v) is 33.4. The number of fused-ring (bicyclic) bond motifs is 10. The van der Waals surface area contributed by atoms with Crippen LogP contribution in [0.2, 0.25) is 0 Å². The number of hydrogen-bond donors (Lipinski definition) is 0. The van der Waals surface area contributed by atoms with Crippen molar-refractivity contribution in [3.8, 4) is 51.0 Å². The molecule has 4 aromatic heterocycles. The predicted molar refractivity (Wildman–Crippen MR) is 254 cm³/mol. The van der Waals surface area contributed by atoms with Crippen LogP contribution in [-0.4, -0.2) is 19.5 Å². The minimum absolute atomic E-state index is 0.581. The fourth-order valence-corrected chi connectivity index (χ4v) is 10.5. The highest BCUT2D eigenvalue weighted by atomic mass is 32.1. The van der Waals surface area contributed by atoms with E-state index in [9.17, 15) is 0 Å². The van der Waals surface area contributed by atoms with Gasteiger partial charge in [-0.2, -0.15) is 0 Å². The molecular formula is C55H32N4OS. The molecule has 0 atom stereocenters. The van der Waals surface area contributed by atoms with Crippen LogP contribution in [0.5, 0.6) is 0 Å². The van der Waals surface area contributed by atoms with Crippen LogP contribution in [0.4, 0.5) is 0 Å². The average molecular weight is 797 g/mol. The lowest BCUT2D eigenvalue weighted by Crippen LogP contribution is -2.02. The maximum atomic E-state index is 6.96. The first-order chi connectivity index (χ1) is 30.2. The van der Waals surface area contributed by atoms with Gasteiger partial charge in [0.25, 0.3) is 0 Å². The van der Waals surface area contributed by atoms with Crippen LogP contribution < -0.4 is 0 Å². The van der Waals surface area contributed by atoms with Gasteiger partial charge in [0.15, 0.2) is 23.1 Å². The van der Waals surface area contributed by atoms with E-state index in [0.29, 0.717) is 17.5 Å². The van der Waals surface area contributed by atoms with E-state index in [-0.39, 0.29) is 0 Å². The molecule has 0 amide bonds. The third kappa shape index (κ3) is 5.22. The molecule has 0 fully saturated rings. The van der Waals surface area contributed by atoms with Crippen molar-refractivity contribution in [2.45, 2.75) is 0 Å². The van der Waals surface area contributed by atoms with Crippen molar-refractivity contribution in [1.82, 2.24) is 19.5 Å². The Kier molecular flexibility index (Phi) is 7.41. The fourth-order valence-electron chi connectivity index (χ4n) is 9.30. The predicted octanol–water partition coefficient (Wildman–Crippen LogP) is 15.1. The molecule has 0 unspecified atom stereocenters. The molecule has 13 rings (SSSR count). The highest BCUT2D eigenvalue weighted by molar-refractivity contribution is 7.26. The molecule has 0 aliphatic carbocycles. The SMILES string of the molecule is c1ccc(-c2ccccc2-c2nc(-c3cccc4c3sc3ccccc34)nc(-c3ccc(-n4c5ccccc5c5cc6ccccc6cc54)c4oc5ccccc5c34)n2)cc1. The normalized spacial score (nSPS) is 11.9. The summed E-state index contributed by atoms with van der Waals surface area (Å²) in [5.74, 6) is 1.81. The van der Waals surface area contributed by atoms with E-state index in [2.05, 4.69) is 180 Å². The lowest BCUT2D eigenvalue weighted by Gasteiger charge is -2.14. The topological polar surface area (TPSA) is 56.7 Å². The van der Waals surface area contributed by atoms with E-state index in [4.69, 9.17) is 19.4 Å². The molecule has 4 heterocycles. The van der Waals surface area contributed by atoms with Crippen LogP contribution >= 0.6 is 11.3 Å². The summed E-state index contributed by atoms with van der Waals surface area (Å²) in [5.41, 5.74) is 9.70. The van der Waals surface area contributed by atoms with Gasteiger partial charge >= 0.3 is 0 Å². The molecule has 13 aromatic rings. The van der Waals surface area contributed by atoms with E-state index in [1.165, 1.54) is 37.0 Å². The summed E-state index contributed by atoms with van der Waals surface area (Å²) in [6, 6.07) is 68.3. The molecule has 0 saturated heterocycles. The standard InChI is InChI=1S/C55H32N4OS/c1-2-15-33(16-3-1)36-19-6-7-22-40(36)53-56-54(58-55(57-53)43-25-14-24-39-38-21-10-13-28-49(38)61-52(39)43)42-29-30-46(51-50(42)41-23-9-12-27-48(41)60-51)59-45-26-11-8-20-37(45)44-31-34-17-4-5-18-35(34)32-47(44)59/h1-32H. The summed E-state index contributed by atoms with van der Waals surface area (Å²) in [4.78, 5) is 16.2. The van der Waals surface area contributed by atoms with Crippen LogP contribution in [0.1, 0.15) is 0 Å². The number of furan rings is 1. The van der Waals surface area contributed by atoms with Gasteiger partial charge in [0.1, 0.15) is 5.58 Å². The van der Waals surface area contributed by atoms with Gasteiger partial charge in [-0.3, -0.25) is 0 Å². The lowest BCUT2D eigenvalue weighted by atomic mass is 9.99. The second-order valence-corrected chi connectivity index (χ2v) is 16.6. The molecule has 9 aromatic carbocycles. The smallest absolute Gasteiger partial charge is 0.165 e. The monoisotopic (exact) mass is 796 g/mol. The third-order valence-corrected chi connectivity index (χ3v) is 13.3. The first-order valence-electron chi connectivity index (χ1n) is 20.4. The molecule has 0 bridgehead atoms. The number of thiophene rings is 1. The Morgan fingerprint density at radius 1 is 0.410 bits per heavy atom. The molecule has 0 spiro atoms. The molecule has 0 aliphatic heterocycles. The minimum atomic E-state index is 0.581. The van der Waals surface area contributed by atoms with Crippen molar-refractivity contribution < 1.29 is 4.42 Å². The second kappa shape index (κ2) is 13.3. The maximum absolute atomic E-state index is 6.96. The zero-order valence-electron chi connectivity index (χ0n) is 32.6. The van der Waals surface area contributed by atoms with Gasteiger partial charge in [0, 0.05) is 58.4 Å². The van der Waals surface area contributed by atoms with E-state index in [1.807, 2.05) is 18.2 Å². The number of rotatable bonds is 5. The molecule has 5 nitrogen and oxygen atoms in total. The van der Waals surface area contributed by atoms with Crippen LogP contribution in [0.15, 0.2) is 199 Å². The molecule has 0 saturated carbocycles. The van der Waals surface area contributed by atoms with Crippen molar-refractivity contribution in [3.05, 3.63) is 194 Å². The molecule has 61 heavy (non-hydrogen) atoms. The Morgan fingerprint density at radius 3 is 1.89 bits per heavy atom. The summed E-state index contributed by atoms with van der Waals surface area (Å²) >= 11 is 1.78. The Balaban J connectivity index is 1.11. The zero-order chi connectivity index (χ0) is 40.0. The van der Waals surface area contributed by atoms with Crippen LogP contribution in [0.3, 0.4) is 0 Å². The van der Waals surface area contributed by atoms with Crippen LogP contribution in [-0.2, 0) is 0 Å². The van der Waals surface area contributed by atoms with E-state index in [0.717, 1.165) is 71.2 Å². The molecule has 0 radical (unpaired) electrons. The van der Waals surface area contributed by atoms with Crippen LogP contribution in [0, 0.1) is 0 Å². The first-order valence-corrected chi connectivity index (χ1v) is 21.3. The Bertz CT molecular complexity index is 3900. The summed E-state index contributed by atoms with van der Waals surface area (Å²) in [5, 5.41) is 9.17. The van der Waals surface area contributed by atoms with Crippen molar-refractivity contribution in [2.75, 3.05) is 0 Å². The molecule has 0 N–H and O–H groups in total.